The smallest absolute Gasteiger partial charge is 0.165 e. The maximum absolute atomic E-state index is 13.3. The number of halogens is 1. The maximum atomic E-state index is 13.3. The Bertz CT molecular complexity index is 568. The molecule has 0 amide bonds. The number of rotatable bonds is 8. The van der Waals surface area contributed by atoms with E-state index in [1.807, 2.05) is 12.4 Å². The van der Waals surface area contributed by atoms with Gasteiger partial charge in [-0.15, -0.1) is 0 Å². The summed E-state index contributed by atoms with van der Waals surface area (Å²) in [6.45, 7) is 4.68. The molecule has 0 spiro atoms. The molecule has 0 aliphatic heterocycles. The van der Waals surface area contributed by atoms with Crippen LogP contribution < -0.4 is 10.1 Å². The second kappa shape index (κ2) is 7.78. The summed E-state index contributed by atoms with van der Waals surface area (Å²) >= 11 is 0. The molecule has 0 saturated heterocycles. The topological polar surface area (TPSA) is 39.1 Å². The molecule has 4 nitrogen and oxygen atoms in total. The number of imidazole rings is 1. The molecule has 21 heavy (non-hydrogen) atoms. The van der Waals surface area contributed by atoms with Gasteiger partial charge in [0.1, 0.15) is 5.82 Å². The van der Waals surface area contributed by atoms with Gasteiger partial charge in [-0.1, -0.05) is 13.0 Å². The van der Waals surface area contributed by atoms with Gasteiger partial charge in [0.05, 0.1) is 7.11 Å². The molecular weight excluding hydrogens is 269 g/mol. The number of benzene rings is 1. The van der Waals surface area contributed by atoms with Crippen LogP contribution in [0.15, 0.2) is 30.6 Å². The molecule has 1 aromatic heterocycles. The second-order valence-electron chi connectivity index (χ2n) is 4.89. The lowest BCUT2D eigenvalue weighted by molar-refractivity contribution is 0.385. The van der Waals surface area contributed by atoms with Gasteiger partial charge < -0.3 is 14.6 Å². The number of aryl methyl sites for hydroxylation is 2. The average molecular weight is 291 g/mol. The summed E-state index contributed by atoms with van der Waals surface area (Å²) in [6.07, 6.45) is 5.85. The fourth-order valence-electron chi connectivity index (χ4n) is 2.28. The zero-order valence-corrected chi connectivity index (χ0v) is 12.6. The molecule has 114 valence electrons. The van der Waals surface area contributed by atoms with Crippen molar-refractivity contribution in [1.82, 2.24) is 14.9 Å². The van der Waals surface area contributed by atoms with Crippen LogP contribution in [0, 0.1) is 5.82 Å². The highest BCUT2D eigenvalue weighted by Crippen LogP contribution is 2.17. The van der Waals surface area contributed by atoms with E-state index in [0.717, 1.165) is 37.3 Å². The highest BCUT2D eigenvalue weighted by atomic mass is 19.1. The largest absolute Gasteiger partial charge is 0.494 e. The molecule has 1 heterocycles. The van der Waals surface area contributed by atoms with Crippen LogP contribution >= 0.6 is 0 Å². The van der Waals surface area contributed by atoms with Crippen LogP contribution in [0.25, 0.3) is 0 Å². The minimum absolute atomic E-state index is 0.292. The van der Waals surface area contributed by atoms with E-state index in [1.165, 1.54) is 13.2 Å². The van der Waals surface area contributed by atoms with Crippen LogP contribution in [0.3, 0.4) is 0 Å². The predicted octanol–water partition coefficient (Wildman–Crippen LogP) is 2.77. The average Bonchev–Trinajstić information content (AvgIpc) is 2.96. The van der Waals surface area contributed by atoms with E-state index in [-0.39, 0.29) is 5.82 Å². The first-order valence-electron chi connectivity index (χ1n) is 7.27. The third-order valence-electron chi connectivity index (χ3n) is 3.42. The summed E-state index contributed by atoms with van der Waals surface area (Å²) in [5, 5.41) is 3.36. The van der Waals surface area contributed by atoms with Crippen LogP contribution in [0.5, 0.6) is 5.75 Å². The molecule has 1 aromatic carbocycles. The van der Waals surface area contributed by atoms with Gasteiger partial charge in [0.15, 0.2) is 11.6 Å². The monoisotopic (exact) mass is 291 g/mol. The minimum Gasteiger partial charge on any atom is -0.494 e. The first-order valence-corrected chi connectivity index (χ1v) is 7.27. The van der Waals surface area contributed by atoms with Crippen LogP contribution in [0.1, 0.15) is 24.7 Å². The quantitative estimate of drug-likeness (QED) is 0.760. The van der Waals surface area contributed by atoms with E-state index in [0.29, 0.717) is 12.3 Å². The first-order chi connectivity index (χ1) is 10.2. The number of hydrogen-bond acceptors (Lipinski definition) is 3. The highest BCUT2D eigenvalue weighted by Gasteiger charge is 2.03. The third-order valence-corrected chi connectivity index (χ3v) is 3.42. The van der Waals surface area contributed by atoms with Gasteiger partial charge in [0, 0.05) is 31.9 Å². The molecule has 0 aliphatic carbocycles. The van der Waals surface area contributed by atoms with Gasteiger partial charge in [-0.3, -0.25) is 0 Å². The number of aromatic nitrogens is 2. The summed E-state index contributed by atoms with van der Waals surface area (Å²) in [5.41, 5.74) is 1.02. The Balaban J connectivity index is 1.72. The van der Waals surface area contributed by atoms with Crippen LogP contribution in [-0.2, 0) is 19.5 Å². The van der Waals surface area contributed by atoms with Gasteiger partial charge in [-0.2, -0.15) is 0 Å². The molecule has 0 saturated carbocycles. The van der Waals surface area contributed by atoms with Gasteiger partial charge in [-0.25, -0.2) is 9.37 Å². The lowest BCUT2D eigenvalue weighted by atomic mass is 10.2. The van der Waals surface area contributed by atoms with Crippen molar-refractivity contribution in [2.45, 2.75) is 32.9 Å². The number of nitrogens with zero attached hydrogens (tertiary/aromatic N) is 2. The van der Waals surface area contributed by atoms with Crippen molar-refractivity contribution < 1.29 is 9.13 Å². The van der Waals surface area contributed by atoms with Crippen molar-refractivity contribution in [3.8, 4) is 5.75 Å². The van der Waals surface area contributed by atoms with Crippen LogP contribution in [0.4, 0.5) is 4.39 Å². The number of nitrogens with one attached hydrogen (secondary N) is 1. The van der Waals surface area contributed by atoms with E-state index < -0.39 is 0 Å². The molecule has 0 fully saturated rings. The lowest BCUT2D eigenvalue weighted by Crippen LogP contribution is -2.17. The zero-order chi connectivity index (χ0) is 15.1. The molecule has 0 atom stereocenters. The molecule has 0 unspecified atom stereocenters. The molecule has 2 rings (SSSR count). The van der Waals surface area contributed by atoms with E-state index in [1.54, 1.807) is 12.1 Å². The highest BCUT2D eigenvalue weighted by molar-refractivity contribution is 5.30. The minimum atomic E-state index is -0.326. The summed E-state index contributed by atoms with van der Waals surface area (Å²) in [4.78, 5) is 4.30. The SMILES string of the molecule is CCc1nccn1CCCNCc1ccc(F)c(OC)c1. The van der Waals surface area contributed by atoms with Crippen molar-refractivity contribution in [1.29, 1.82) is 0 Å². The Morgan fingerprint density at radius 1 is 1.38 bits per heavy atom. The van der Waals surface area contributed by atoms with Crippen molar-refractivity contribution in [2.75, 3.05) is 13.7 Å². The molecule has 1 N–H and O–H groups in total. The van der Waals surface area contributed by atoms with Crippen LogP contribution in [0.2, 0.25) is 0 Å². The lowest BCUT2D eigenvalue weighted by Gasteiger charge is -2.09. The molecule has 0 aliphatic rings. The molecular formula is C16H22FN3O. The summed E-state index contributed by atoms with van der Waals surface area (Å²) in [6, 6.07) is 4.94. The molecule has 0 bridgehead atoms. The zero-order valence-electron chi connectivity index (χ0n) is 12.6. The Morgan fingerprint density at radius 2 is 2.24 bits per heavy atom. The standard InChI is InChI=1S/C16H22FN3O/c1-3-16-19-8-10-20(16)9-4-7-18-12-13-5-6-14(17)15(11-13)21-2/h5-6,8,10-11,18H,3-4,7,9,12H2,1-2H3. The van der Waals surface area contributed by atoms with Crippen molar-refractivity contribution in [3.05, 3.63) is 47.8 Å². The molecule has 0 radical (unpaired) electrons. The maximum Gasteiger partial charge on any atom is 0.165 e. The predicted molar refractivity (Wildman–Crippen MR) is 80.9 cm³/mol. The summed E-state index contributed by atoms with van der Waals surface area (Å²) in [5.74, 6) is 1.09. The number of methoxy groups -OCH3 is 1. The van der Waals surface area contributed by atoms with Crippen molar-refractivity contribution >= 4 is 0 Å². The Hall–Kier alpha value is -1.88. The molecule has 5 heteroatoms. The third kappa shape index (κ3) is 4.29. The number of ether oxygens (including phenoxy) is 1. The first kappa shape index (κ1) is 15.5. The second-order valence-corrected chi connectivity index (χ2v) is 4.89. The van der Waals surface area contributed by atoms with Crippen LogP contribution in [-0.4, -0.2) is 23.2 Å². The molecule has 2 aromatic rings. The van der Waals surface area contributed by atoms with E-state index in [9.17, 15) is 4.39 Å². The van der Waals surface area contributed by atoms with Crippen molar-refractivity contribution in [3.63, 3.8) is 0 Å². The van der Waals surface area contributed by atoms with E-state index in [2.05, 4.69) is 21.8 Å². The normalized spacial score (nSPS) is 10.8. The Morgan fingerprint density at radius 3 is 3.00 bits per heavy atom. The fourth-order valence-corrected chi connectivity index (χ4v) is 2.28. The van der Waals surface area contributed by atoms with Gasteiger partial charge in [-0.05, 0) is 30.7 Å². The Kier molecular flexibility index (Phi) is 5.75. The summed E-state index contributed by atoms with van der Waals surface area (Å²) < 4.78 is 20.4. The Labute approximate surface area is 125 Å². The van der Waals surface area contributed by atoms with E-state index in [4.69, 9.17) is 4.74 Å². The fraction of sp³-hybridized carbons (Fsp3) is 0.438. The van der Waals surface area contributed by atoms with Gasteiger partial charge >= 0.3 is 0 Å². The van der Waals surface area contributed by atoms with Crippen molar-refractivity contribution in [2.24, 2.45) is 0 Å². The van der Waals surface area contributed by atoms with Gasteiger partial charge in [0.2, 0.25) is 0 Å². The van der Waals surface area contributed by atoms with Gasteiger partial charge in [0.25, 0.3) is 0 Å². The number of hydrogen-bond donors (Lipinski definition) is 1. The summed E-state index contributed by atoms with van der Waals surface area (Å²) in [7, 11) is 1.48. The van der Waals surface area contributed by atoms with E-state index >= 15 is 0 Å².